The van der Waals surface area contributed by atoms with Crippen molar-refractivity contribution >= 4 is 27.1 Å². The molecule has 1 aromatic carbocycles. The number of hydrogen-bond donors (Lipinski definition) is 1. The van der Waals surface area contributed by atoms with Gasteiger partial charge in [0.1, 0.15) is 0 Å². The van der Waals surface area contributed by atoms with Crippen molar-refractivity contribution in [3.05, 3.63) is 24.3 Å². The summed E-state index contributed by atoms with van der Waals surface area (Å²) < 4.78 is 23.4. The number of carbonyl (C=O) groups excluding carboxylic acids is 1. The maximum Gasteiger partial charge on any atom is 0.229 e. The summed E-state index contributed by atoms with van der Waals surface area (Å²) in [5.41, 5.74) is 1.30. The molecular formula is C17H26N2O3S. The Labute approximate surface area is 139 Å². The minimum atomic E-state index is -2.90. The molecule has 2 rings (SSSR count). The van der Waals surface area contributed by atoms with Gasteiger partial charge in [-0.2, -0.15) is 0 Å². The number of rotatable bonds is 4. The Hall–Kier alpha value is -1.56. The summed E-state index contributed by atoms with van der Waals surface area (Å²) in [6.45, 7) is 8.40. The third-order valence-corrected chi connectivity index (χ3v) is 5.88. The van der Waals surface area contributed by atoms with E-state index in [-0.39, 0.29) is 23.5 Å². The quantitative estimate of drug-likeness (QED) is 0.916. The van der Waals surface area contributed by atoms with Crippen molar-refractivity contribution < 1.29 is 13.2 Å². The predicted octanol–water partition coefficient (Wildman–Crippen LogP) is 2.68. The van der Waals surface area contributed by atoms with Crippen LogP contribution in [0, 0.1) is 5.41 Å². The highest BCUT2D eigenvalue weighted by molar-refractivity contribution is 7.91. The van der Waals surface area contributed by atoms with Crippen molar-refractivity contribution in [2.45, 2.75) is 40.2 Å². The zero-order valence-electron chi connectivity index (χ0n) is 14.3. The van der Waals surface area contributed by atoms with Gasteiger partial charge in [-0.25, -0.2) is 8.42 Å². The summed E-state index contributed by atoms with van der Waals surface area (Å²) in [6, 6.07) is 7.65. The molecule has 1 aliphatic rings. The maximum atomic E-state index is 12.0. The predicted molar refractivity (Wildman–Crippen MR) is 94.6 cm³/mol. The van der Waals surface area contributed by atoms with Gasteiger partial charge in [0, 0.05) is 29.4 Å². The van der Waals surface area contributed by atoms with Gasteiger partial charge in [-0.3, -0.25) is 4.79 Å². The number of carbonyl (C=O) groups is 1. The Morgan fingerprint density at radius 3 is 2.30 bits per heavy atom. The second-order valence-electron chi connectivity index (χ2n) is 7.09. The average Bonchev–Trinajstić information content (AvgIpc) is 2.80. The van der Waals surface area contributed by atoms with Gasteiger partial charge in [-0.05, 0) is 37.6 Å². The molecule has 0 bridgehead atoms. The molecule has 1 N–H and O–H groups in total. The monoisotopic (exact) mass is 338 g/mol. The van der Waals surface area contributed by atoms with E-state index in [0.29, 0.717) is 6.42 Å². The molecule has 0 aromatic heterocycles. The Balaban J connectivity index is 2.10. The van der Waals surface area contributed by atoms with Crippen LogP contribution in [0.1, 0.15) is 34.1 Å². The smallest absolute Gasteiger partial charge is 0.229 e. The van der Waals surface area contributed by atoms with Crippen LogP contribution >= 0.6 is 0 Å². The van der Waals surface area contributed by atoms with Crippen LogP contribution in [-0.4, -0.2) is 38.4 Å². The van der Waals surface area contributed by atoms with E-state index in [1.807, 2.05) is 52.0 Å². The lowest BCUT2D eigenvalue weighted by molar-refractivity contribution is -0.123. The van der Waals surface area contributed by atoms with Crippen molar-refractivity contribution in [2.24, 2.45) is 5.41 Å². The lowest BCUT2D eigenvalue weighted by atomic mass is 9.95. The van der Waals surface area contributed by atoms with Crippen molar-refractivity contribution in [1.82, 2.24) is 0 Å². The first-order valence-electron chi connectivity index (χ1n) is 8.01. The van der Waals surface area contributed by atoms with Crippen LogP contribution in [0.2, 0.25) is 0 Å². The van der Waals surface area contributed by atoms with Gasteiger partial charge < -0.3 is 10.2 Å². The van der Waals surface area contributed by atoms with Crippen LogP contribution in [0.3, 0.4) is 0 Å². The molecule has 0 spiro atoms. The standard InChI is InChI=1S/C17H26N2O3S/c1-5-19(15-10-11-23(21,22)12-15)14-8-6-13(7-9-14)18-16(20)17(2,3)4/h6-9,15H,5,10-12H2,1-4H3,(H,18,20). The fraction of sp³-hybridized carbons (Fsp3) is 0.588. The Kier molecular flexibility index (Phi) is 5.04. The molecule has 1 aromatic rings. The first kappa shape index (κ1) is 17.8. The highest BCUT2D eigenvalue weighted by Crippen LogP contribution is 2.26. The van der Waals surface area contributed by atoms with Crippen molar-refractivity contribution in [2.75, 3.05) is 28.3 Å². The van der Waals surface area contributed by atoms with E-state index in [1.165, 1.54) is 0 Å². The summed E-state index contributed by atoms with van der Waals surface area (Å²) >= 11 is 0. The fourth-order valence-electron chi connectivity index (χ4n) is 2.73. The number of sulfone groups is 1. The molecule has 1 amide bonds. The fourth-order valence-corrected chi connectivity index (χ4v) is 4.46. The van der Waals surface area contributed by atoms with Gasteiger partial charge in [0.15, 0.2) is 9.84 Å². The van der Waals surface area contributed by atoms with Gasteiger partial charge in [0.25, 0.3) is 0 Å². The lowest BCUT2D eigenvalue weighted by Crippen LogP contribution is -2.36. The summed E-state index contributed by atoms with van der Waals surface area (Å²) in [6.07, 6.45) is 0.679. The number of amides is 1. The third kappa shape index (κ3) is 4.47. The van der Waals surface area contributed by atoms with E-state index in [2.05, 4.69) is 10.2 Å². The van der Waals surface area contributed by atoms with E-state index >= 15 is 0 Å². The molecule has 1 atom stereocenters. The maximum absolute atomic E-state index is 12.0. The Morgan fingerprint density at radius 1 is 1.26 bits per heavy atom. The topological polar surface area (TPSA) is 66.5 Å². The van der Waals surface area contributed by atoms with Crippen LogP contribution in [0.5, 0.6) is 0 Å². The van der Waals surface area contributed by atoms with Crippen molar-refractivity contribution in [3.8, 4) is 0 Å². The second-order valence-corrected chi connectivity index (χ2v) is 9.32. The summed E-state index contributed by atoms with van der Waals surface area (Å²) in [5.74, 6) is 0.469. The zero-order valence-corrected chi connectivity index (χ0v) is 15.1. The molecule has 1 heterocycles. The van der Waals surface area contributed by atoms with Crippen LogP contribution in [0.15, 0.2) is 24.3 Å². The van der Waals surface area contributed by atoms with Crippen LogP contribution in [0.25, 0.3) is 0 Å². The first-order valence-corrected chi connectivity index (χ1v) is 9.83. The van der Waals surface area contributed by atoms with Gasteiger partial charge in [0.05, 0.1) is 11.5 Å². The Bertz CT molecular complexity index is 660. The molecule has 1 saturated heterocycles. The normalized spacial score (nSPS) is 20.3. The van der Waals surface area contributed by atoms with Gasteiger partial charge >= 0.3 is 0 Å². The minimum Gasteiger partial charge on any atom is -0.368 e. The summed E-state index contributed by atoms with van der Waals surface area (Å²) in [4.78, 5) is 14.1. The average molecular weight is 338 g/mol. The highest BCUT2D eigenvalue weighted by Gasteiger charge is 2.31. The molecule has 1 unspecified atom stereocenters. The van der Waals surface area contributed by atoms with Gasteiger partial charge in [-0.1, -0.05) is 20.8 Å². The zero-order chi connectivity index (χ0) is 17.3. The van der Waals surface area contributed by atoms with Crippen molar-refractivity contribution in [3.63, 3.8) is 0 Å². The third-order valence-electron chi connectivity index (χ3n) is 4.13. The molecule has 1 fully saturated rings. The van der Waals surface area contributed by atoms with E-state index in [9.17, 15) is 13.2 Å². The largest absolute Gasteiger partial charge is 0.368 e. The highest BCUT2D eigenvalue weighted by atomic mass is 32.2. The van der Waals surface area contributed by atoms with E-state index in [4.69, 9.17) is 0 Å². The number of hydrogen-bond acceptors (Lipinski definition) is 4. The molecule has 5 nitrogen and oxygen atoms in total. The van der Waals surface area contributed by atoms with E-state index in [1.54, 1.807) is 0 Å². The summed E-state index contributed by atoms with van der Waals surface area (Å²) in [7, 11) is -2.90. The SMILES string of the molecule is CCN(c1ccc(NC(=O)C(C)(C)C)cc1)C1CCS(=O)(=O)C1. The van der Waals surface area contributed by atoms with Crippen LogP contribution < -0.4 is 10.2 Å². The lowest BCUT2D eigenvalue weighted by Gasteiger charge is -2.29. The molecule has 1 aliphatic heterocycles. The Morgan fingerprint density at radius 2 is 1.87 bits per heavy atom. The van der Waals surface area contributed by atoms with Gasteiger partial charge in [-0.15, -0.1) is 0 Å². The van der Waals surface area contributed by atoms with Crippen LogP contribution in [-0.2, 0) is 14.6 Å². The molecule has 0 saturated carbocycles. The number of benzene rings is 1. The molecule has 6 heteroatoms. The van der Waals surface area contributed by atoms with E-state index in [0.717, 1.165) is 17.9 Å². The van der Waals surface area contributed by atoms with E-state index < -0.39 is 15.3 Å². The number of nitrogens with one attached hydrogen (secondary N) is 1. The number of nitrogens with zero attached hydrogens (tertiary/aromatic N) is 1. The van der Waals surface area contributed by atoms with Crippen LogP contribution in [0.4, 0.5) is 11.4 Å². The number of anilines is 2. The van der Waals surface area contributed by atoms with Crippen molar-refractivity contribution in [1.29, 1.82) is 0 Å². The second kappa shape index (κ2) is 6.51. The molecule has 0 aliphatic carbocycles. The minimum absolute atomic E-state index is 0.0283. The first-order chi connectivity index (χ1) is 10.6. The molecule has 128 valence electrons. The molecule has 23 heavy (non-hydrogen) atoms. The molecular weight excluding hydrogens is 312 g/mol. The molecule has 0 radical (unpaired) electrons. The summed E-state index contributed by atoms with van der Waals surface area (Å²) in [5, 5.41) is 2.90. The van der Waals surface area contributed by atoms with Gasteiger partial charge in [0.2, 0.25) is 5.91 Å².